The molecule has 0 unspecified atom stereocenters. The average Bonchev–Trinajstić information content (AvgIpc) is 3.18. The predicted octanol–water partition coefficient (Wildman–Crippen LogP) is 10.5. The first-order chi connectivity index (χ1) is 27.7. The second-order valence-corrected chi connectivity index (χ2v) is 18.9. The summed E-state index contributed by atoms with van der Waals surface area (Å²) in [5.74, 6) is 0.388. The third-order valence-corrected chi connectivity index (χ3v) is 11.8. The van der Waals surface area contributed by atoms with Crippen LogP contribution in [0.2, 0.25) is 0 Å². The molecule has 0 saturated heterocycles. The zero-order valence-corrected chi connectivity index (χ0v) is 36.9. The van der Waals surface area contributed by atoms with Crippen molar-refractivity contribution in [3.8, 4) is 17.2 Å². The van der Waals surface area contributed by atoms with E-state index in [4.69, 9.17) is 28.9 Å². The number of fused-ring (bicyclic) bond motifs is 2. The molecule has 0 radical (unpaired) electrons. The van der Waals surface area contributed by atoms with Crippen molar-refractivity contribution in [3.63, 3.8) is 0 Å². The Hall–Kier alpha value is -3.51. The summed E-state index contributed by atoms with van der Waals surface area (Å²) in [6, 6.07) is 13.5. The Balaban J connectivity index is 1.78. The molecule has 3 aliphatic rings. The van der Waals surface area contributed by atoms with Gasteiger partial charge >= 0.3 is 6.09 Å². The summed E-state index contributed by atoms with van der Waals surface area (Å²) in [6.07, 6.45) is 11.5. The first-order valence-corrected chi connectivity index (χ1v) is 22.4. The van der Waals surface area contributed by atoms with Gasteiger partial charge in [0.2, 0.25) is 5.79 Å². The summed E-state index contributed by atoms with van der Waals surface area (Å²) in [5, 5.41) is 24.8. The number of aliphatic hydroxyl groups is 2. The highest BCUT2D eigenvalue weighted by atomic mass is 32.2. The maximum Gasteiger partial charge on any atom is 0.410 e. The number of carbonyl (C=O) groups excluding carboxylic acids is 1. The van der Waals surface area contributed by atoms with Gasteiger partial charge in [-0.3, -0.25) is 4.90 Å². The Morgan fingerprint density at radius 2 is 1.71 bits per heavy atom. The van der Waals surface area contributed by atoms with E-state index in [0.717, 1.165) is 53.2 Å². The van der Waals surface area contributed by atoms with Crippen LogP contribution in [-0.2, 0) is 14.3 Å². The van der Waals surface area contributed by atoms with E-state index in [-0.39, 0.29) is 49.6 Å². The molecule has 11 heteroatoms. The van der Waals surface area contributed by atoms with Crippen LogP contribution in [0.4, 0.5) is 4.79 Å². The Bertz CT molecular complexity index is 1730. The number of ether oxygens (including phenoxy) is 4. The number of amides is 1. The second kappa shape index (κ2) is 20.2. The summed E-state index contributed by atoms with van der Waals surface area (Å²) in [7, 11) is 0. The lowest BCUT2D eigenvalue weighted by Gasteiger charge is -2.60. The first-order valence-electron chi connectivity index (χ1n) is 21.2. The van der Waals surface area contributed by atoms with Crippen LogP contribution in [0.5, 0.6) is 17.2 Å². The monoisotopic (exact) mass is 820 g/mol. The van der Waals surface area contributed by atoms with Gasteiger partial charge in [-0.05, 0) is 124 Å². The zero-order chi connectivity index (χ0) is 42.1. The van der Waals surface area contributed by atoms with E-state index in [0.29, 0.717) is 43.7 Å². The molecule has 5 rings (SSSR count). The largest absolute Gasteiger partial charge is 0.459 e. The molecular weight excluding hydrogens is 753 g/mol. The minimum atomic E-state index is -1.35. The topological polar surface area (TPSA) is 119 Å². The van der Waals surface area contributed by atoms with E-state index < -0.39 is 29.4 Å². The number of thioether (sulfide) groups is 1. The summed E-state index contributed by atoms with van der Waals surface area (Å²) in [5.41, 5.74) is 1.95. The van der Waals surface area contributed by atoms with Gasteiger partial charge in [-0.15, -0.1) is 18.3 Å². The van der Waals surface area contributed by atoms with E-state index in [1.807, 2.05) is 65.8 Å². The molecule has 0 bridgehead atoms. The van der Waals surface area contributed by atoms with Crippen molar-refractivity contribution in [1.29, 1.82) is 0 Å². The van der Waals surface area contributed by atoms with Crippen LogP contribution in [0.25, 0.3) is 0 Å². The summed E-state index contributed by atoms with van der Waals surface area (Å²) < 4.78 is 27.0. The molecule has 10 nitrogen and oxygen atoms in total. The number of hydrogen-bond acceptors (Lipinski definition) is 10. The molecule has 1 saturated carbocycles. The maximum atomic E-state index is 14.4. The second-order valence-electron chi connectivity index (χ2n) is 18.1. The molecule has 58 heavy (non-hydrogen) atoms. The summed E-state index contributed by atoms with van der Waals surface area (Å²) >= 11 is 1.68. The van der Waals surface area contributed by atoms with Gasteiger partial charge in [-0.25, -0.2) is 4.79 Å². The van der Waals surface area contributed by atoms with Crippen LogP contribution < -0.4 is 9.47 Å². The summed E-state index contributed by atoms with van der Waals surface area (Å²) in [4.78, 5) is 23.6. The van der Waals surface area contributed by atoms with Gasteiger partial charge in [0.25, 0.3) is 0 Å². The molecule has 0 aromatic heterocycles. The van der Waals surface area contributed by atoms with Crippen molar-refractivity contribution < 1.29 is 38.8 Å². The number of benzene rings is 2. The van der Waals surface area contributed by atoms with Gasteiger partial charge in [0.1, 0.15) is 28.9 Å². The molecule has 1 amide bonds. The van der Waals surface area contributed by atoms with E-state index in [9.17, 15) is 15.0 Å². The van der Waals surface area contributed by atoms with Crippen LogP contribution in [0, 0.1) is 23.2 Å². The molecule has 2 N–H and O–H groups in total. The highest BCUT2D eigenvalue weighted by molar-refractivity contribution is 7.98. The Morgan fingerprint density at radius 1 is 1.02 bits per heavy atom. The van der Waals surface area contributed by atoms with Gasteiger partial charge < -0.3 is 34.0 Å². The molecule has 2 aromatic carbocycles. The molecule has 2 aliphatic carbocycles. The minimum Gasteiger partial charge on any atom is -0.459 e. The fourth-order valence-electron chi connectivity index (χ4n) is 8.66. The van der Waals surface area contributed by atoms with Gasteiger partial charge in [-0.1, -0.05) is 57.8 Å². The van der Waals surface area contributed by atoms with E-state index in [2.05, 4.69) is 44.0 Å². The molecule has 1 heterocycles. The van der Waals surface area contributed by atoms with Crippen LogP contribution in [0.1, 0.15) is 111 Å². The quantitative estimate of drug-likeness (QED) is 0.0618. The zero-order valence-electron chi connectivity index (χ0n) is 36.1. The Kier molecular flexibility index (Phi) is 15.8. The van der Waals surface area contributed by atoms with Crippen molar-refractivity contribution >= 4 is 23.6 Å². The van der Waals surface area contributed by atoms with Crippen molar-refractivity contribution in [2.45, 2.75) is 128 Å². The molecule has 320 valence electrons. The van der Waals surface area contributed by atoms with Crippen molar-refractivity contribution in [2.75, 3.05) is 39.2 Å². The number of nitrogens with zero attached hydrogens (tertiary/aromatic N) is 2. The van der Waals surface area contributed by atoms with Gasteiger partial charge in [-0.2, -0.15) is 0 Å². The third-order valence-electron chi connectivity index (χ3n) is 11.1. The van der Waals surface area contributed by atoms with E-state index in [1.54, 1.807) is 22.7 Å². The highest BCUT2D eigenvalue weighted by Gasteiger charge is 2.65. The van der Waals surface area contributed by atoms with Crippen LogP contribution >= 0.6 is 11.8 Å². The van der Waals surface area contributed by atoms with Gasteiger partial charge in [0.15, 0.2) is 0 Å². The third kappa shape index (κ3) is 11.0. The molecule has 1 aliphatic heterocycles. The molecule has 1 fully saturated rings. The highest BCUT2D eigenvalue weighted by Crippen LogP contribution is 2.62. The smallest absolute Gasteiger partial charge is 0.410 e. The van der Waals surface area contributed by atoms with E-state index in [1.165, 1.54) is 0 Å². The maximum absolute atomic E-state index is 14.4. The lowest BCUT2D eigenvalue weighted by atomic mass is 9.55. The van der Waals surface area contributed by atoms with Gasteiger partial charge in [0.05, 0.1) is 24.8 Å². The minimum absolute atomic E-state index is 0.0977. The van der Waals surface area contributed by atoms with Crippen molar-refractivity contribution in [1.82, 2.24) is 4.90 Å². The van der Waals surface area contributed by atoms with Crippen molar-refractivity contribution in [3.05, 3.63) is 72.3 Å². The normalized spacial score (nSPS) is 24.6. The number of unbranched alkanes of at least 4 members (excludes halogenated alkanes) is 2. The van der Waals surface area contributed by atoms with Crippen LogP contribution in [0.3, 0.4) is 0 Å². The number of hydrogen-bond donors (Lipinski definition) is 2. The summed E-state index contributed by atoms with van der Waals surface area (Å²) in [6.45, 7) is 19.3. The Morgan fingerprint density at radius 3 is 2.33 bits per heavy atom. The molecule has 0 spiro atoms. The number of oxime groups is 1. The molecule has 6 atom stereocenters. The number of carbonyl (C=O) groups is 1. The average molecular weight is 821 g/mol. The standard InChI is InChI=1S/C47H68N2O8S/c1-10-24-49(44(52)53-31-45(3,4)5)41-30-39(48-57-46(6,7)8)37-28-32(16-12-14-25-50)36(17-13-15-26-51)42-38-29-34(55-33-18-21-35(58-9)22-19-33)20-23-40(38)56-47(41,43(37)42)54-27-11-2/h11,18-23,28-29,32,36,41-43,50-51H,2,10,12-17,24-27,30-31H2,1,3-9H3/t32-,36+,41-,42+,43+,47+/m0/s1. The fourth-order valence-corrected chi connectivity index (χ4v) is 9.07. The lowest BCUT2D eigenvalue weighted by molar-refractivity contribution is -0.255. The number of rotatable bonds is 19. The lowest BCUT2D eigenvalue weighted by Crippen LogP contribution is -2.70. The van der Waals surface area contributed by atoms with Crippen LogP contribution in [0.15, 0.2) is 76.8 Å². The molecular formula is C47H68N2O8S. The fraction of sp³-hybridized carbons (Fsp3) is 0.617. The predicted molar refractivity (Wildman–Crippen MR) is 232 cm³/mol. The van der Waals surface area contributed by atoms with Crippen LogP contribution in [-0.4, -0.2) is 83.6 Å². The number of aliphatic hydroxyl groups excluding tert-OH is 2. The molecule has 2 aromatic rings. The van der Waals surface area contributed by atoms with E-state index >= 15 is 0 Å². The number of allylic oxidation sites excluding steroid dienone is 1. The Labute approximate surface area is 351 Å². The van der Waals surface area contributed by atoms with Crippen molar-refractivity contribution in [2.24, 2.45) is 28.3 Å². The van der Waals surface area contributed by atoms with Gasteiger partial charge in [0, 0.05) is 42.6 Å². The first kappa shape index (κ1) is 45.6. The SMILES string of the molecule is C=CCO[C@@]12Oc3ccc(Oc4ccc(SC)cc4)cc3[C@H]3[C@H](CCCCO)[C@@H](CCCCO)C=C(C(=NOC(C)(C)C)C[C@@H]1N(CCC)C(=O)OCC(C)(C)C)[C@H]32.